The number of carbonyl (C=O) groups is 1. The molecule has 21 heavy (non-hydrogen) atoms. The van der Waals surface area contributed by atoms with Crippen molar-refractivity contribution in [2.45, 2.75) is 39.4 Å². The third-order valence-electron chi connectivity index (χ3n) is 2.74. The first kappa shape index (κ1) is 18.2. The Bertz CT molecular complexity index is 475. The zero-order chi connectivity index (χ0) is 16.0. The predicted molar refractivity (Wildman–Crippen MR) is 91.6 cm³/mol. The molecule has 0 unspecified atom stereocenters. The molecule has 0 aliphatic rings. The van der Waals surface area contributed by atoms with Gasteiger partial charge in [-0.25, -0.2) is 0 Å². The highest BCUT2D eigenvalue weighted by Gasteiger charge is 2.10. The highest BCUT2D eigenvalue weighted by atomic mass is 35.5. The zero-order valence-electron chi connectivity index (χ0n) is 13.4. The molecule has 0 aliphatic heterocycles. The van der Waals surface area contributed by atoms with E-state index < -0.39 is 0 Å². The van der Waals surface area contributed by atoms with Gasteiger partial charge in [0, 0.05) is 22.1 Å². The Morgan fingerprint density at radius 1 is 1.29 bits per heavy atom. The maximum absolute atomic E-state index is 11.7. The standard InChI is InChI=1S/C16H24ClNO2S/c1-11-8-13(9-12(2)15(11)17)20-10-14(19)18-6-7-21-16(3,4)5/h8-9H,6-7,10H2,1-5H3,(H,18,19). The fourth-order valence-electron chi connectivity index (χ4n) is 1.74. The summed E-state index contributed by atoms with van der Waals surface area (Å²) in [6, 6.07) is 3.69. The molecule has 0 spiro atoms. The lowest BCUT2D eigenvalue weighted by Gasteiger charge is -2.17. The third kappa shape index (κ3) is 7.09. The molecule has 0 saturated carbocycles. The molecule has 0 fully saturated rings. The van der Waals surface area contributed by atoms with Gasteiger partial charge in [-0.3, -0.25) is 4.79 Å². The molecule has 0 atom stereocenters. The zero-order valence-corrected chi connectivity index (χ0v) is 15.0. The molecule has 118 valence electrons. The van der Waals surface area contributed by atoms with Crippen molar-refractivity contribution in [3.63, 3.8) is 0 Å². The van der Waals surface area contributed by atoms with Crippen LogP contribution in [-0.4, -0.2) is 29.6 Å². The van der Waals surface area contributed by atoms with E-state index in [-0.39, 0.29) is 17.3 Å². The summed E-state index contributed by atoms with van der Waals surface area (Å²) in [4.78, 5) is 11.7. The van der Waals surface area contributed by atoms with Crippen LogP contribution in [-0.2, 0) is 4.79 Å². The van der Waals surface area contributed by atoms with Gasteiger partial charge < -0.3 is 10.1 Å². The summed E-state index contributed by atoms with van der Waals surface area (Å²) in [6.45, 7) is 11.0. The van der Waals surface area contributed by atoms with Gasteiger partial charge in [-0.05, 0) is 37.1 Å². The predicted octanol–water partition coefficient (Wildman–Crippen LogP) is 3.98. The molecule has 0 aliphatic carbocycles. The Balaban J connectivity index is 2.33. The lowest BCUT2D eigenvalue weighted by molar-refractivity contribution is -0.122. The fourth-order valence-corrected chi connectivity index (χ4v) is 2.66. The van der Waals surface area contributed by atoms with Gasteiger partial charge in [0.05, 0.1) is 0 Å². The highest BCUT2D eigenvalue weighted by Crippen LogP contribution is 2.25. The van der Waals surface area contributed by atoms with Crippen LogP contribution >= 0.6 is 23.4 Å². The molecule has 0 bridgehead atoms. The van der Waals surface area contributed by atoms with Crippen molar-refractivity contribution in [3.05, 3.63) is 28.3 Å². The van der Waals surface area contributed by atoms with Gasteiger partial charge >= 0.3 is 0 Å². The highest BCUT2D eigenvalue weighted by molar-refractivity contribution is 8.00. The first-order valence-corrected chi connectivity index (χ1v) is 8.35. The number of benzene rings is 1. The van der Waals surface area contributed by atoms with Crippen LogP contribution in [0, 0.1) is 13.8 Å². The molecule has 1 aromatic rings. The summed E-state index contributed by atoms with van der Waals surface area (Å²) in [6.07, 6.45) is 0. The Labute approximate surface area is 136 Å². The van der Waals surface area contributed by atoms with Crippen molar-refractivity contribution in [1.29, 1.82) is 0 Å². The summed E-state index contributed by atoms with van der Waals surface area (Å²) in [5.74, 6) is 1.47. The molecule has 0 radical (unpaired) electrons. The minimum absolute atomic E-state index is 0.0285. The second kappa shape index (κ2) is 7.95. The van der Waals surface area contributed by atoms with Gasteiger partial charge in [-0.15, -0.1) is 0 Å². The van der Waals surface area contributed by atoms with E-state index in [1.54, 1.807) is 0 Å². The van der Waals surface area contributed by atoms with E-state index in [0.717, 1.165) is 21.9 Å². The normalized spacial score (nSPS) is 11.3. The van der Waals surface area contributed by atoms with Crippen molar-refractivity contribution < 1.29 is 9.53 Å². The molecule has 0 saturated heterocycles. The largest absolute Gasteiger partial charge is 0.484 e. The second-order valence-corrected chi connectivity index (χ2v) is 8.27. The number of thioether (sulfide) groups is 1. The van der Waals surface area contributed by atoms with E-state index in [2.05, 4.69) is 26.1 Å². The topological polar surface area (TPSA) is 38.3 Å². The van der Waals surface area contributed by atoms with E-state index in [1.165, 1.54) is 0 Å². The fraction of sp³-hybridized carbons (Fsp3) is 0.562. The number of hydrogen-bond donors (Lipinski definition) is 1. The van der Waals surface area contributed by atoms with Gasteiger partial charge in [0.2, 0.25) is 0 Å². The first-order valence-electron chi connectivity index (χ1n) is 6.99. The van der Waals surface area contributed by atoms with E-state index in [1.807, 2.05) is 37.7 Å². The Morgan fingerprint density at radius 2 is 1.86 bits per heavy atom. The quantitative estimate of drug-likeness (QED) is 0.802. The van der Waals surface area contributed by atoms with Crippen molar-refractivity contribution >= 4 is 29.3 Å². The molecule has 1 amide bonds. The minimum atomic E-state index is -0.102. The molecule has 1 rings (SSSR count). The summed E-state index contributed by atoms with van der Waals surface area (Å²) < 4.78 is 5.73. The van der Waals surface area contributed by atoms with E-state index >= 15 is 0 Å². The number of amides is 1. The van der Waals surface area contributed by atoms with Crippen LogP contribution in [0.1, 0.15) is 31.9 Å². The molecule has 1 N–H and O–H groups in total. The van der Waals surface area contributed by atoms with Crippen molar-refractivity contribution in [2.24, 2.45) is 0 Å². The maximum atomic E-state index is 11.7. The number of ether oxygens (including phenoxy) is 1. The van der Waals surface area contributed by atoms with Gasteiger partial charge in [-0.1, -0.05) is 32.4 Å². The molecular weight excluding hydrogens is 306 g/mol. The second-order valence-electron chi connectivity index (χ2n) is 5.97. The van der Waals surface area contributed by atoms with Crippen LogP contribution in [0.15, 0.2) is 12.1 Å². The molecule has 0 aromatic heterocycles. The summed E-state index contributed by atoms with van der Waals surface area (Å²) in [7, 11) is 0. The van der Waals surface area contributed by atoms with Gasteiger partial charge in [-0.2, -0.15) is 11.8 Å². The van der Waals surface area contributed by atoms with E-state index in [0.29, 0.717) is 12.3 Å². The van der Waals surface area contributed by atoms with Crippen molar-refractivity contribution in [2.75, 3.05) is 18.9 Å². The smallest absolute Gasteiger partial charge is 0.257 e. The summed E-state index contributed by atoms with van der Waals surface area (Å²) in [5, 5.41) is 3.60. The van der Waals surface area contributed by atoms with Crippen molar-refractivity contribution in [3.8, 4) is 5.75 Å². The van der Waals surface area contributed by atoms with Crippen LogP contribution in [0.25, 0.3) is 0 Å². The number of aryl methyl sites for hydroxylation is 2. The van der Waals surface area contributed by atoms with Gasteiger partial charge in [0.15, 0.2) is 6.61 Å². The van der Waals surface area contributed by atoms with Gasteiger partial charge in [0.25, 0.3) is 5.91 Å². The Hall–Kier alpha value is -0.870. The van der Waals surface area contributed by atoms with Crippen LogP contribution in [0.4, 0.5) is 0 Å². The number of carbonyl (C=O) groups excluding carboxylic acids is 1. The Kier molecular flexibility index (Phi) is 6.88. The molecule has 0 heterocycles. The summed E-state index contributed by atoms with van der Waals surface area (Å²) >= 11 is 7.92. The average Bonchev–Trinajstić information content (AvgIpc) is 2.37. The van der Waals surface area contributed by atoms with E-state index in [9.17, 15) is 4.79 Å². The van der Waals surface area contributed by atoms with Crippen LogP contribution in [0.2, 0.25) is 5.02 Å². The lowest BCUT2D eigenvalue weighted by Crippen LogP contribution is -2.31. The van der Waals surface area contributed by atoms with Crippen LogP contribution in [0.3, 0.4) is 0 Å². The molecular formula is C16H24ClNO2S. The first-order chi connectivity index (χ1) is 9.69. The summed E-state index contributed by atoms with van der Waals surface area (Å²) in [5.41, 5.74) is 1.90. The van der Waals surface area contributed by atoms with Crippen LogP contribution < -0.4 is 10.1 Å². The minimum Gasteiger partial charge on any atom is -0.484 e. The monoisotopic (exact) mass is 329 g/mol. The number of rotatable bonds is 6. The molecule has 5 heteroatoms. The number of nitrogens with one attached hydrogen (secondary N) is 1. The van der Waals surface area contributed by atoms with Gasteiger partial charge in [0.1, 0.15) is 5.75 Å². The third-order valence-corrected chi connectivity index (χ3v) is 4.61. The van der Waals surface area contributed by atoms with Crippen LogP contribution in [0.5, 0.6) is 5.75 Å². The van der Waals surface area contributed by atoms with Crippen molar-refractivity contribution in [1.82, 2.24) is 5.32 Å². The number of halogens is 1. The van der Waals surface area contributed by atoms with E-state index in [4.69, 9.17) is 16.3 Å². The lowest BCUT2D eigenvalue weighted by atomic mass is 10.1. The average molecular weight is 330 g/mol. The maximum Gasteiger partial charge on any atom is 0.257 e. The Morgan fingerprint density at radius 3 is 2.38 bits per heavy atom. The molecule has 1 aromatic carbocycles. The SMILES string of the molecule is Cc1cc(OCC(=O)NCCSC(C)(C)C)cc(C)c1Cl. The number of hydrogen-bond acceptors (Lipinski definition) is 3. The molecule has 3 nitrogen and oxygen atoms in total.